The Bertz CT molecular complexity index is 1250. The van der Waals surface area contributed by atoms with Crippen molar-refractivity contribution < 1.29 is 32.3 Å². The first kappa shape index (κ1) is 25.0. The van der Waals surface area contributed by atoms with Crippen LogP contribution in [0, 0.1) is 5.92 Å². The van der Waals surface area contributed by atoms with E-state index in [1.165, 1.54) is 12.1 Å². The molecule has 0 spiro atoms. The molecule has 1 aromatic heterocycles. The van der Waals surface area contributed by atoms with E-state index in [0.29, 0.717) is 35.1 Å². The van der Waals surface area contributed by atoms with E-state index < -0.39 is 24.2 Å². The van der Waals surface area contributed by atoms with Crippen LogP contribution < -0.4 is 10.2 Å². The lowest BCUT2D eigenvalue weighted by Gasteiger charge is -2.32. The lowest BCUT2D eigenvalue weighted by Crippen LogP contribution is -2.48. The SMILES string of the molecule is CC(C)C[C@H](N[C@@H](c1ccc2c(c1)oc1ccc(N3CCN(C)CC3=O)cc12)C(F)(F)F)C(=O)O. The van der Waals surface area contributed by atoms with Crippen LogP contribution in [0.3, 0.4) is 0 Å². The zero-order valence-electron chi connectivity index (χ0n) is 19.7. The fourth-order valence-corrected chi connectivity index (χ4v) is 4.49. The summed E-state index contributed by atoms with van der Waals surface area (Å²) in [4.78, 5) is 27.7. The molecule has 4 rings (SSSR count). The number of piperazine rings is 1. The summed E-state index contributed by atoms with van der Waals surface area (Å²) >= 11 is 0. The van der Waals surface area contributed by atoms with Gasteiger partial charge in [0.05, 0.1) is 6.54 Å². The summed E-state index contributed by atoms with van der Waals surface area (Å²) in [6.07, 6.45) is -4.65. The number of likely N-dealkylation sites (N-methyl/N-ethyl adjacent to an activating group) is 1. The van der Waals surface area contributed by atoms with Gasteiger partial charge in [0.15, 0.2) is 0 Å². The number of halogens is 3. The number of furan rings is 1. The van der Waals surface area contributed by atoms with E-state index in [1.807, 2.05) is 18.0 Å². The summed E-state index contributed by atoms with van der Waals surface area (Å²) in [5, 5.41) is 13.0. The second-order valence-corrected chi connectivity index (χ2v) is 9.48. The molecule has 0 bridgehead atoms. The first-order valence-electron chi connectivity index (χ1n) is 11.4. The van der Waals surface area contributed by atoms with E-state index in [2.05, 4.69) is 5.32 Å². The molecule has 0 aliphatic carbocycles. The van der Waals surface area contributed by atoms with Crippen LogP contribution in [0.4, 0.5) is 18.9 Å². The van der Waals surface area contributed by atoms with E-state index in [-0.39, 0.29) is 29.4 Å². The molecule has 1 amide bonds. The Labute approximate surface area is 200 Å². The predicted octanol–water partition coefficient (Wildman–Crippen LogP) is 4.56. The highest BCUT2D eigenvalue weighted by Gasteiger charge is 2.43. The summed E-state index contributed by atoms with van der Waals surface area (Å²) in [6, 6.07) is 5.95. The van der Waals surface area contributed by atoms with Crippen molar-refractivity contribution in [3.05, 3.63) is 42.0 Å². The Morgan fingerprint density at radius 1 is 1.11 bits per heavy atom. The van der Waals surface area contributed by atoms with E-state index in [4.69, 9.17) is 4.42 Å². The van der Waals surface area contributed by atoms with Crippen LogP contribution in [0.5, 0.6) is 0 Å². The minimum Gasteiger partial charge on any atom is -0.480 e. The molecule has 0 unspecified atom stereocenters. The van der Waals surface area contributed by atoms with Gasteiger partial charge in [0.2, 0.25) is 5.91 Å². The first-order valence-corrected chi connectivity index (χ1v) is 11.4. The largest absolute Gasteiger partial charge is 0.480 e. The van der Waals surface area contributed by atoms with Gasteiger partial charge in [-0.3, -0.25) is 19.8 Å². The maximum Gasteiger partial charge on any atom is 0.407 e. The Balaban J connectivity index is 1.70. The summed E-state index contributed by atoms with van der Waals surface area (Å²) in [7, 11) is 1.88. The van der Waals surface area contributed by atoms with Crippen LogP contribution in [0.1, 0.15) is 31.9 Å². The molecule has 3 aromatic rings. The third-order valence-corrected chi connectivity index (χ3v) is 6.24. The first-order chi connectivity index (χ1) is 16.4. The molecule has 0 radical (unpaired) electrons. The van der Waals surface area contributed by atoms with Gasteiger partial charge in [-0.2, -0.15) is 13.2 Å². The lowest BCUT2D eigenvalue weighted by molar-refractivity contribution is -0.163. The molecule has 1 aliphatic rings. The van der Waals surface area contributed by atoms with Crippen LogP contribution in [-0.4, -0.2) is 60.8 Å². The number of aliphatic carboxylic acids is 1. The zero-order valence-corrected chi connectivity index (χ0v) is 19.7. The summed E-state index contributed by atoms with van der Waals surface area (Å²) in [5.74, 6) is -1.46. The van der Waals surface area contributed by atoms with Crippen molar-refractivity contribution in [2.45, 2.75) is 38.5 Å². The van der Waals surface area contributed by atoms with Gasteiger partial charge in [0.25, 0.3) is 0 Å². The summed E-state index contributed by atoms with van der Waals surface area (Å²) in [6.45, 7) is 5.10. The third-order valence-electron chi connectivity index (χ3n) is 6.24. The number of carboxylic acid groups (broad SMARTS) is 1. The monoisotopic (exact) mass is 491 g/mol. The number of carbonyl (C=O) groups excluding carboxylic acids is 1. The molecule has 7 nitrogen and oxygen atoms in total. The van der Waals surface area contributed by atoms with Crippen LogP contribution in [0.25, 0.3) is 21.9 Å². The average molecular weight is 492 g/mol. The van der Waals surface area contributed by atoms with Gasteiger partial charge in [0, 0.05) is 29.5 Å². The number of benzene rings is 2. The highest BCUT2D eigenvalue weighted by atomic mass is 19.4. The molecule has 1 fully saturated rings. The summed E-state index contributed by atoms with van der Waals surface area (Å²) in [5.41, 5.74) is 1.32. The molecule has 2 atom stereocenters. The number of carbonyl (C=O) groups is 2. The fourth-order valence-electron chi connectivity index (χ4n) is 4.49. The topological polar surface area (TPSA) is 86.0 Å². The smallest absolute Gasteiger partial charge is 0.407 e. The number of fused-ring (bicyclic) bond motifs is 3. The van der Waals surface area contributed by atoms with Crippen molar-refractivity contribution in [3.8, 4) is 0 Å². The third kappa shape index (κ3) is 5.28. The fraction of sp³-hybridized carbons (Fsp3) is 0.440. The van der Waals surface area contributed by atoms with Gasteiger partial charge in [-0.15, -0.1) is 0 Å². The number of carboxylic acids is 1. The van der Waals surface area contributed by atoms with Crippen LogP contribution in [-0.2, 0) is 9.59 Å². The van der Waals surface area contributed by atoms with Crippen LogP contribution in [0.15, 0.2) is 40.8 Å². The maximum atomic E-state index is 14.0. The molecular weight excluding hydrogens is 463 g/mol. The van der Waals surface area contributed by atoms with Crippen molar-refractivity contribution in [1.29, 1.82) is 0 Å². The normalized spacial score (nSPS) is 17.5. The zero-order chi connectivity index (χ0) is 25.5. The molecule has 0 saturated carbocycles. The molecule has 188 valence electrons. The van der Waals surface area contributed by atoms with Crippen LogP contribution >= 0.6 is 0 Å². The molecule has 1 aliphatic heterocycles. The molecule has 35 heavy (non-hydrogen) atoms. The van der Waals surface area contributed by atoms with Gasteiger partial charge in [-0.25, -0.2) is 0 Å². The average Bonchev–Trinajstić information content (AvgIpc) is 3.12. The lowest BCUT2D eigenvalue weighted by atomic mass is 9.99. The second kappa shape index (κ2) is 9.50. The van der Waals surface area contributed by atoms with Gasteiger partial charge < -0.3 is 14.4 Å². The van der Waals surface area contributed by atoms with E-state index >= 15 is 0 Å². The Morgan fingerprint density at radius 3 is 2.49 bits per heavy atom. The number of hydrogen-bond donors (Lipinski definition) is 2. The van der Waals surface area contributed by atoms with Gasteiger partial charge in [0.1, 0.15) is 23.2 Å². The molecule has 10 heteroatoms. The quantitative estimate of drug-likeness (QED) is 0.504. The van der Waals surface area contributed by atoms with Crippen molar-refractivity contribution in [2.75, 3.05) is 31.6 Å². The molecule has 2 heterocycles. The number of rotatable bonds is 7. The highest BCUT2D eigenvalue weighted by Crippen LogP contribution is 2.38. The number of nitrogens with zero attached hydrogens (tertiary/aromatic N) is 2. The van der Waals surface area contributed by atoms with Gasteiger partial charge in [-0.05, 0) is 49.2 Å². The molecule has 1 saturated heterocycles. The van der Waals surface area contributed by atoms with E-state index in [0.717, 1.165) is 6.54 Å². The standard InChI is InChI=1S/C25H28F3N3O4/c1-14(2)10-19(24(33)34)29-23(25(26,27)28)15-4-6-17-18-12-16(5-7-20(18)35-21(17)11-15)31-9-8-30(3)13-22(31)32/h4-7,11-12,14,19,23,29H,8-10,13H2,1-3H3,(H,33,34)/t19-,23-/m0/s1. The maximum absolute atomic E-state index is 14.0. The van der Waals surface area contributed by atoms with E-state index in [9.17, 15) is 27.9 Å². The van der Waals surface area contributed by atoms with Gasteiger partial charge >= 0.3 is 12.1 Å². The van der Waals surface area contributed by atoms with E-state index in [1.54, 1.807) is 36.9 Å². The number of anilines is 1. The number of alkyl halides is 3. The molecule has 2 aromatic carbocycles. The number of hydrogen-bond acceptors (Lipinski definition) is 5. The second-order valence-electron chi connectivity index (χ2n) is 9.48. The number of nitrogens with one attached hydrogen (secondary N) is 1. The van der Waals surface area contributed by atoms with Crippen LogP contribution in [0.2, 0.25) is 0 Å². The van der Waals surface area contributed by atoms with Crippen molar-refractivity contribution in [2.24, 2.45) is 5.92 Å². The minimum absolute atomic E-state index is 0.0262. The predicted molar refractivity (Wildman–Crippen MR) is 126 cm³/mol. The Morgan fingerprint density at radius 2 is 1.86 bits per heavy atom. The molecular formula is C25H28F3N3O4. The van der Waals surface area contributed by atoms with Crippen molar-refractivity contribution in [3.63, 3.8) is 0 Å². The Hall–Kier alpha value is -3.11. The highest BCUT2D eigenvalue weighted by molar-refractivity contribution is 6.07. The van der Waals surface area contributed by atoms with Crippen molar-refractivity contribution >= 4 is 39.5 Å². The Kier molecular flexibility index (Phi) is 6.79. The van der Waals surface area contributed by atoms with Gasteiger partial charge in [-0.1, -0.05) is 26.0 Å². The number of amides is 1. The molecule has 2 N–H and O–H groups in total. The van der Waals surface area contributed by atoms with Crippen molar-refractivity contribution in [1.82, 2.24) is 10.2 Å². The summed E-state index contributed by atoms with van der Waals surface area (Å²) < 4.78 is 47.7. The minimum atomic E-state index is -4.71.